The Balaban J connectivity index is 3.14. The molecule has 1 rings (SSSR count). The minimum atomic E-state index is -1.44. The predicted molar refractivity (Wildman–Crippen MR) is 66.8 cm³/mol. The Hall–Kier alpha value is -2.58. The summed E-state index contributed by atoms with van der Waals surface area (Å²) in [4.78, 5) is 33.4. The van der Waals surface area contributed by atoms with Crippen LogP contribution in [0.25, 0.3) is 0 Å². The van der Waals surface area contributed by atoms with Crippen LogP contribution >= 0.6 is 0 Å². The van der Waals surface area contributed by atoms with E-state index in [1.807, 2.05) is 0 Å². The van der Waals surface area contributed by atoms with Crippen LogP contribution in [0, 0.1) is 27.7 Å². The SMILES string of the molecule is CC(CN(C)C(=O)c1cc(F)c(F)cc1[N+](=O)[O-])C(=O)O. The minimum absolute atomic E-state index is 0.232. The van der Waals surface area contributed by atoms with Crippen molar-refractivity contribution in [3.63, 3.8) is 0 Å². The molecule has 1 N–H and O–H groups in total. The minimum Gasteiger partial charge on any atom is -0.481 e. The van der Waals surface area contributed by atoms with E-state index in [4.69, 9.17) is 5.11 Å². The Labute approximate surface area is 117 Å². The molecule has 0 saturated carbocycles. The van der Waals surface area contributed by atoms with Crippen molar-refractivity contribution in [3.05, 3.63) is 39.4 Å². The summed E-state index contributed by atoms with van der Waals surface area (Å²) in [6.45, 7) is 1.11. The number of carbonyl (C=O) groups is 2. The van der Waals surface area contributed by atoms with E-state index in [1.54, 1.807) is 0 Å². The van der Waals surface area contributed by atoms with Crippen LogP contribution in [-0.4, -0.2) is 40.4 Å². The lowest BCUT2D eigenvalue weighted by Crippen LogP contribution is -2.34. The number of carboxylic acids is 1. The number of nitro groups is 1. The molecule has 1 atom stereocenters. The van der Waals surface area contributed by atoms with Gasteiger partial charge in [0.1, 0.15) is 5.56 Å². The molecule has 7 nitrogen and oxygen atoms in total. The van der Waals surface area contributed by atoms with Gasteiger partial charge in [-0.05, 0) is 6.07 Å². The molecule has 0 radical (unpaired) electrons. The standard InChI is InChI=1S/C12H12F2N2O5/c1-6(12(18)19)5-15(2)11(17)7-3-8(13)9(14)4-10(7)16(20)21/h3-4,6H,5H2,1-2H3,(H,18,19). The first kappa shape index (κ1) is 16.5. The van der Waals surface area contributed by atoms with Gasteiger partial charge in [0.05, 0.1) is 16.9 Å². The number of benzene rings is 1. The molecule has 0 aliphatic heterocycles. The Morgan fingerprint density at radius 3 is 2.38 bits per heavy atom. The highest BCUT2D eigenvalue weighted by molar-refractivity contribution is 5.98. The van der Waals surface area contributed by atoms with Gasteiger partial charge in [-0.3, -0.25) is 19.7 Å². The Kier molecular flexibility index (Phi) is 4.90. The van der Waals surface area contributed by atoms with Gasteiger partial charge < -0.3 is 10.0 Å². The van der Waals surface area contributed by atoms with E-state index in [1.165, 1.54) is 14.0 Å². The molecule has 1 amide bonds. The van der Waals surface area contributed by atoms with Crippen molar-refractivity contribution >= 4 is 17.6 Å². The third-order valence-electron chi connectivity index (χ3n) is 2.78. The first-order valence-corrected chi connectivity index (χ1v) is 5.76. The average Bonchev–Trinajstić information content (AvgIpc) is 2.39. The zero-order valence-electron chi connectivity index (χ0n) is 11.2. The van der Waals surface area contributed by atoms with Crippen LogP contribution in [0.1, 0.15) is 17.3 Å². The lowest BCUT2D eigenvalue weighted by molar-refractivity contribution is -0.385. The quantitative estimate of drug-likeness (QED) is 0.658. The molecule has 0 aliphatic carbocycles. The number of hydrogen-bond acceptors (Lipinski definition) is 4. The van der Waals surface area contributed by atoms with E-state index in [0.717, 1.165) is 4.90 Å². The lowest BCUT2D eigenvalue weighted by atomic mass is 10.1. The molecule has 9 heteroatoms. The van der Waals surface area contributed by atoms with Crippen molar-refractivity contribution in [2.45, 2.75) is 6.92 Å². The molecule has 1 unspecified atom stereocenters. The largest absolute Gasteiger partial charge is 0.481 e. The highest BCUT2D eigenvalue weighted by atomic mass is 19.2. The number of amides is 1. The first-order chi connectivity index (χ1) is 9.65. The topological polar surface area (TPSA) is 101 Å². The van der Waals surface area contributed by atoms with Crippen LogP contribution in [0.5, 0.6) is 0 Å². The Bertz CT molecular complexity index is 606. The van der Waals surface area contributed by atoms with E-state index in [2.05, 4.69) is 0 Å². The maximum Gasteiger partial charge on any atom is 0.308 e. The summed E-state index contributed by atoms with van der Waals surface area (Å²) in [6.07, 6.45) is 0. The van der Waals surface area contributed by atoms with Gasteiger partial charge in [-0.25, -0.2) is 8.78 Å². The molecule has 0 aliphatic rings. The summed E-state index contributed by atoms with van der Waals surface area (Å²) in [5.41, 5.74) is -1.52. The summed E-state index contributed by atoms with van der Waals surface area (Å²) in [5, 5.41) is 19.5. The number of carboxylic acid groups (broad SMARTS) is 1. The van der Waals surface area contributed by atoms with Crippen molar-refractivity contribution in [2.75, 3.05) is 13.6 Å². The van der Waals surface area contributed by atoms with E-state index in [-0.39, 0.29) is 6.54 Å². The molecule has 0 bridgehead atoms. The Morgan fingerprint density at radius 2 is 1.90 bits per heavy atom. The van der Waals surface area contributed by atoms with Crippen molar-refractivity contribution in [2.24, 2.45) is 5.92 Å². The van der Waals surface area contributed by atoms with Crippen molar-refractivity contribution in [3.8, 4) is 0 Å². The number of halogens is 2. The van der Waals surface area contributed by atoms with Gasteiger partial charge in [-0.15, -0.1) is 0 Å². The smallest absolute Gasteiger partial charge is 0.308 e. The van der Waals surface area contributed by atoms with Crippen LogP contribution in [0.3, 0.4) is 0 Å². The number of nitro benzene ring substituents is 1. The molecule has 0 heterocycles. The number of rotatable bonds is 5. The molecule has 1 aromatic carbocycles. The second-order valence-corrected chi connectivity index (χ2v) is 4.47. The van der Waals surface area contributed by atoms with E-state index < -0.39 is 45.6 Å². The monoisotopic (exact) mass is 302 g/mol. The molecule has 114 valence electrons. The molecule has 0 fully saturated rings. The van der Waals surface area contributed by atoms with Crippen molar-refractivity contribution in [1.29, 1.82) is 0 Å². The van der Waals surface area contributed by atoms with Gasteiger partial charge in [0, 0.05) is 13.6 Å². The zero-order valence-corrected chi connectivity index (χ0v) is 11.2. The van der Waals surface area contributed by atoms with Gasteiger partial charge >= 0.3 is 5.97 Å². The zero-order chi connectivity index (χ0) is 16.3. The number of aliphatic carboxylic acids is 1. The van der Waals surface area contributed by atoms with Gasteiger partial charge in [0.2, 0.25) is 0 Å². The third kappa shape index (κ3) is 3.71. The number of hydrogen-bond donors (Lipinski definition) is 1. The summed E-state index contributed by atoms with van der Waals surface area (Å²) >= 11 is 0. The summed E-state index contributed by atoms with van der Waals surface area (Å²) < 4.78 is 26.2. The van der Waals surface area contributed by atoms with E-state index >= 15 is 0 Å². The van der Waals surface area contributed by atoms with E-state index in [9.17, 15) is 28.5 Å². The maximum atomic E-state index is 13.2. The van der Waals surface area contributed by atoms with Crippen LogP contribution in [-0.2, 0) is 4.79 Å². The molecule has 1 aromatic rings. The maximum absolute atomic E-state index is 13.2. The highest BCUT2D eigenvalue weighted by Crippen LogP contribution is 2.23. The summed E-state index contributed by atoms with van der Waals surface area (Å²) in [6, 6.07) is 0.745. The fourth-order valence-electron chi connectivity index (χ4n) is 1.64. The molecule has 0 saturated heterocycles. The second-order valence-electron chi connectivity index (χ2n) is 4.47. The van der Waals surface area contributed by atoms with Crippen LogP contribution in [0.4, 0.5) is 14.5 Å². The summed E-state index contributed by atoms with van der Waals surface area (Å²) in [5.74, 6) is -5.88. The Morgan fingerprint density at radius 1 is 1.38 bits per heavy atom. The predicted octanol–water partition coefficient (Wildman–Crippen LogP) is 1.67. The highest BCUT2D eigenvalue weighted by Gasteiger charge is 2.27. The molecular weight excluding hydrogens is 290 g/mol. The fourth-order valence-corrected chi connectivity index (χ4v) is 1.64. The number of carbonyl (C=O) groups excluding carboxylic acids is 1. The lowest BCUT2D eigenvalue weighted by Gasteiger charge is -2.19. The summed E-state index contributed by atoms with van der Waals surface area (Å²) in [7, 11) is 1.22. The van der Waals surface area contributed by atoms with Gasteiger partial charge in [0.15, 0.2) is 11.6 Å². The van der Waals surface area contributed by atoms with Crippen molar-refractivity contribution in [1.82, 2.24) is 4.90 Å². The van der Waals surface area contributed by atoms with Gasteiger partial charge in [-0.2, -0.15) is 0 Å². The molecule has 0 aromatic heterocycles. The van der Waals surface area contributed by atoms with E-state index in [0.29, 0.717) is 12.1 Å². The normalized spacial score (nSPS) is 11.8. The van der Waals surface area contributed by atoms with Gasteiger partial charge in [-0.1, -0.05) is 6.92 Å². The number of nitrogens with zero attached hydrogens (tertiary/aromatic N) is 2. The molecule has 0 spiro atoms. The average molecular weight is 302 g/mol. The molecule has 21 heavy (non-hydrogen) atoms. The second kappa shape index (κ2) is 6.25. The molecular formula is C12H12F2N2O5. The van der Waals surface area contributed by atoms with Crippen LogP contribution in [0.2, 0.25) is 0 Å². The fraction of sp³-hybridized carbons (Fsp3) is 0.333. The first-order valence-electron chi connectivity index (χ1n) is 5.76. The van der Waals surface area contributed by atoms with Crippen molar-refractivity contribution < 1.29 is 28.4 Å². The third-order valence-corrected chi connectivity index (χ3v) is 2.78. The van der Waals surface area contributed by atoms with Crippen LogP contribution < -0.4 is 0 Å². The van der Waals surface area contributed by atoms with Crippen LogP contribution in [0.15, 0.2) is 12.1 Å². The van der Waals surface area contributed by atoms with Gasteiger partial charge in [0.25, 0.3) is 11.6 Å².